The topological polar surface area (TPSA) is 192 Å². The van der Waals surface area contributed by atoms with E-state index in [1.165, 1.54) is 19.2 Å². The first-order valence-electron chi connectivity index (χ1n) is 12.7. The molecule has 1 unspecified atom stereocenters. The highest BCUT2D eigenvalue weighted by molar-refractivity contribution is 7.52. The van der Waals surface area contributed by atoms with Gasteiger partial charge in [-0.1, -0.05) is 18.2 Å². The molecular weight excluding hydrogens is 561 g/mol. The molecule has 0 bridgehead atoms. The van der Waals surface area contributed by atoms with E-state index in [-0.39, 0.29) is 11.6 Å². The zero-order valence-corrected chi connectivity index (χ0v) is 23.9. The van der Waals surface area contributed by atoms with Crippen LogP contribution in [0, 0.1) is 11.3 Å². The second kappa shape index (κ2) is 11.9. The number of anilines is 1. The van der Waals surface area contributed by atoms with Crippen LogP contribution >= 0.6 is 7.75 Å². The summed E-state index contributed by atoms with van der Waals surface area (Å²) < 4.78 is 49.5. The molecule has 2 aromatic rings. The van der Waals surface area contributed by atoms with Crippen molar-refractivity contribution < 1.29 is 42.6 Å². The summed E-state index contributed by atoms with van der Waals surface area (Å²) in [4.78, 5) is 28.9. The number of carbonyl (C=O) groups excluding carboxylic acids is 1. The van der Waals surface area contributed by atoms with Gasteiger partial charge in [-0.25, -0.2) is 9.36 Å². The Labute approximate surface area is 235 Å². The summed E-state index contributed by atoms with van der Waals surface area (Å²) >= 11 is 0. The van der Waals surface area contributed by atoms with Crippen molar-refractivity contribution in [3.8, 4) is 11.8 Å². The molecule has 2 aliphatic heterocycles. The van der Waals surface area contributed by atoms with Crippen LogP contribution in [0.2, 0.25) is 0 Å². The molecule has 41 heavy (non-hydrogen) atoms. The van der Waals surface area contributed by atoms with Gasteiger partial charge < -0.3 is 23.5 Å². The quantitative estimate of drug-likeness (QED) is 0.195. The van der Waals surface area contributed by atoms with Crippen LogP contribution in [-0.4, -0.2) is 63.6 Å². The van der Waals surface area contributed by atoms with E-state index in [1.54, 1.807) is 63.5 Å². The number of nitrogens with one attached hydrogen (secondary N) is 2. The number of fused-ring (bicyclic) bond motifs is 1. The predicted octanol–water partition coefficient (Wildman–Crippen LogP) is 2.27. The Balaban J connectivity index is 1.63. The number of aromatic nitrogens is 2. The lowest BCUT2D eigenvalue weighted by atomic mass is 10.0. The first-order valence-corrected chi connectivity index (χ1v) is 14.3. The Kier molecular flexibility index (Phi) is 8.86. The molecule has 6 atom stereocenters. The lowest BCUT2D eigenvalue weighted by Gasteiger charge is -2.30. The smallest absolute Gasteiger partial charge is 0.459 e. The minimum Gasteiger partial charge on any atom is -0.462 e. The fourth-order valence-corrected chi connectivity index (χ4v) is 5.92. The molecule has 0 radical (unpaired) electrons. The van der Waals surface area contributed by atoms with Gasteiger partial charge in [-0.3, -0.25) is 24.6 Å². The van der Waals surface area contributed by atoms with Crippen LogP contribution in [0.4, 0.5) is 5.82 Å². The molecule has 15 nitrogen and oxygen atoms in total. The molecule has 1 aromatic heterocycles. The van der Waals surface area contributed by atoms with Gasteiger partial charge in [0.1, 0.15) is 30.1 Å². The number of esters is 1. The summed E-state index contributed by atoms with van der Waals surface area (Å²) in [7, 11) is -4.29. The predicted molar refractivity (Wildman–Crippen MR) is 141 cm³/mol. The van der Waals surface area contributed by atoms with Crippen LogP contribution in [-0.2, 0) is 38.6 Å². The minimum atomic E-state index is -4.29. The van der Waals surface area contributed by atoms with Crippen molar-refractivity contribution in [2.45, 2.75) is 76.6 Å². The van der Waals surface area contributed by atoms with Crippen molar-refractivity contribution in [1.82, 2.24) is 14.6 Å². The molecule has 0 saturated carbocycles. The first-order chi connectivity index (χ1) is 19.3. The van der Waals surface area contributed by atoms with Gasteiger partial charge in [0.05, 0.1) is 12.7 Å². The van der Waals surface area contributed by atoms with Gasteiger partial charge in [0.25, 0.3) is 5.72 Å². The van der Waals surface area contributed by atoms with E-state index in [0.717, 1.165) is 4.57 Å². The molecule has 2 aliphatic rings. The van der Waals surface area contributed by atoms with Crippen molar-refractivity contribution in [3.63, 3.8) is 0 Å². The molecule has 4 rings (SSSR count). The Morgan fingerprint density at radius 2 is 1.93 bits per heavy atom. The first kappa shape index (κ1) is 30.6. The largest absolute Gasteiger partial charge is 0.462 e. The summed E-state index contributed by atoms with van der Waals surface area (Å²) in [5.41, 5.74) is -1.21. The number of ether oxygens (including phenoxy) is 4. The number of carbonyl (C=O) groups is 1. The van der Waals surface area contributed by atoms with E-state index < -0.39 is 68.0 Å². The summed E-state index contributed by atoms with van der Waals surface area (Å²) in [6, 6.07) is 10.3. The van der Waals surface area contributed by atoms with Crippen LogP contribution in [0.3, 0.4) is 0 Å². The lowest BCUT2D eigenvalue weighted by Crippen LogP contribution is -2.49. The normalized spacial score (nSPS) is 26.9. The third kappa shape index (κ3) is 6.60. The molecule has 1 aromatic carbocycles. The highest BCUT2D eigenvalue weighted by Gasteiger charge is 2.65. The van der Waals surface area contributed by atoms with E-state index in [2.05, 4.69) is 10.1 Å². The zero-order chi connectivity index (χ0) is 30.0. The number of hydrogen-bond acceptors (Lipinski definition) is 13. The third-order valence-electron chi connectivity index (χ3n) is 6.08. The van der Waals surface area contributed by atoms with Gasteiger partial charge in [0, 0.05) is 6.20 Å². The van der Waals surface area contributed by atoms with Gasteiger partial charge >= 0.3 is 19.4 Å². The van der Waals surface area contributed by atoms with Crippen LogP contribution in [0.15, 0.2) is 47.4 Å². The van der Waals surface area contributed by atoms with E-state index in [0.29, 0.717) is 0 Å². The molecule has 3 heterocycles. The monoisotopic (exact) mass is 593 g/mol. The number of rotatable bonds is 11. The highest BCUT2D eigenvalue weighted by Crippen LogP contribution is 2.49. The van der Waals surface area contributed by atoms with Crippen molar-refractivity contribution >= 4 is 19.5 Å². The lowest BCUT2D eigenvalue weighted by molar-refractivity contribution is -0.218. The van der Waals surface area contributed by atoms with Gasteiger partial charge in [-0.2, -0.15) is 15.3 Å². The molecule has 0 amide bonds. The molecule has 0 spiro atoms. The number of benzene rings is 1. The van der Waals surface area contributed by atoms with Crippen LogP contribution in [0.5, 0.6) is 5.75 Å². The second-order valence-electron chi connectivity index (χ2n) is 10.1. The molecule has 3 N–H and O–H groups in total. The minimum absolute atomic E-state index is 0.145. The summed E-state index contributed by atoms with van der Waals surface area (Å²) in [6.45, 7) is 7.58. The Morgan fingerprint density at radius 1 is 1.22 bits per heavy atom. The molecular formula is C25H32N5O10P. The second-order valence-corrected chi connectivity index (χ2v) is 11.8. The molecule has 222 valence electrons. The van der Waals surface area contributed by atoms with Gasteiger partial charge in [-0.15, -0.1) is 0 Å². The maximum atomic E-state index is 13.9. The van der Waals surface area contributed by atoms with E-state index in [4.69, 9.17) is 33.2 Å². The number of para-hydroxylation sites is 1. The fraction of sp³-hybridized carbons (Fsp3) is 0.520. The van der Waals surface area contributed by atoms with Gasteiger partial charge in [-0.05, 0) is 52.8 Å². The average Bonchev–Trinajstić information content (AvgIpc) is 3.38. The zero-order valence-electron chi connectivity index (χ0n) is 23.0. The van der Waals surface area contributed by atoms with Crippen molar-refractivity contribution in [2.75, 3.05) is 12.1 Å². The number of nitriles is 1. The number of nitrogens with zero attached hydrogens (tertiary/aromatic N) is 3. The third-order valence-corrected chi connectivity index (χ3v) is 7.73. The summed E-state index contributed by atoms with van der Waals surface area (Å²) in [5.74, 6) is -1.81. The Hall–Kier alpha value is -3.35. The van der Waals surface area contributed by atoms with E-state index >= 15 is 0 Å². The standard InChI is InChI=1S/C25H32N5O10P/c1-15(2)36-22(31)16(3)29-41(34,40-17-9-7-6-8-10-17)35-13-18-20-21(39-24(4,5)38-20)25(14-26,37-18)30-12-11-19(28-33)27-23(30)32/h6-12,15-16,18,20-21,33H,13H2,1-5H3,(H,29,34)(H,27,28,32)/t16-,18+,20+,21+,25+,41?/m0/s1. The van der Waals surface area contributed by atoms with Crippen LogP contribution in [0.25, 0.3) is 0 Å². The van der Waals surface area contributed by atoms with Crippen LogP contribution < -0.4 is 20.8 Å². The van der Waals surface area contributed by atoms with Gasteiger partial charge in [0.15, 0.2) is 17.7 Å². The van der Waals surface area contributed by atoms with Gasteiger partial charge in [0.2, 0.25) is 0 Å². The highest BCUT2D eigenvalue weighted by atomic mass is 31.2. The van der Waals surface area contributed by atoms with Crippen LogP contribution in [0.1, 0.15) is 34.6 Å². The van der Waals surface area contributed by atoms with Crippen molar-refractivity contribution in [1.29, 1.82) is 5.26 Å². The van der Waals surface area contributed by atoms with E-state index in [1.807, 2.05) is 6.07 Å². The Bertz CT molecular complexity index is 1400. The van der Waals surface area contributed by atoms with E-state index in [9.17, 15) is 19.4 Å². The molecule has 0 aliphatic carbocycles. The van der Waals surface area contributed by atoms with Crippen molar-refractivity contribution in [2.24, 2.45) is 0 Å². The number of hydrogen-bond donors (Lipinski definition) is 3. The average molecular weight is 594 g/mol. The Morgan fingerprint density at radius 3 is 2.54 bits per heavy atom. The summed E-state index contributed by atoms with van der Waals surface area (Å²) in [6.07, 6.45) is -2.39. The molecule has 2 fully saturated rings. The fourth-order valence-electron chi connectivity index (χ4n) is 4.42. The summed E-state index contributed by atoms with van der Waals surface area (Å²) in [5, 5.41) is 22.0. The van der Waals surface area contributed by atoms with Crippen molar-refractivity contribution in [3.05, 3.63) is 53.1 Å². The molecule has 16 heteroatoms. The maximum absolute atomic E-state index is 13.9. The molecule has 2 saturated heterocycles. The SMILES string of the molecule is CC(C)OC(=O)[C@H](C)NP(=O)(OC[C@H]1O[C@@](C#N)(n2ccc(NO)nc2=O)[C@@H]2OC(C)(C)O[C@@H]21)Oc1ccccc1. The maximum Gasteiger partial charge on any atom is 0.459 e.